The van der Waals surface area contributed by atoms with Crippen molar-refractivity contribution in [3.05, 3.63) is 30.3 Å². The first-order valence-electron chi connectivity index (χ1n) is 5.79. The summed E-state index contributed by atoms with van der Waals surface area (Å²) in [6.07, 6.45) is 0. The molecule has 2 aromatic rings. The van der Waals surface area contributed by atoms with E-state index in [1.165, 1.54) is 25.1 Å². The maximum atomic E-state index is 11.5. The predicted molar refractivity (Wildman–Crippen MR) is 77.9 cm³/mol. The second-order valence-electron chi connectivity index (χ2n) is 4.46. The van der Waals surface area contributed by atoms with Crippen LogP contribution in [0.2, 0.25) is 0 Å². The van der Waals surface area contributed by atoms with E-state index in [0.29, 0.717) is 0 Å². The highest BCUT2D eigenvalue weighted by Crippen LogP contribution is 2.31. The van der Waals surface area contributed by atoms with E-state index in [9.17, 15) is 30.7 Å². The molecular weight excluding hydrogens is 334 g/mol. The molecule has 22 heavy (non-hydrogen) atoms. The van der Waals surface area contributed by atoms with Crippen LogP contribution in [0.1, 0.15) is 6.92 Å². The second kappa shape index (κ2) is 5.32. The van der Waals surface area contributed by atoms with Gasteiger partial charge >= 0.3 is 0 Å². The first-order chi connectivity index (χ1) is 10.00. The number of amides is 1. The third kappa shape index (κ3) is 3.25. The molecule has 2 aromatic carbocycles. The van der Waals surface area contributed by atoms with E-state index >= 15 is 0 Å². The van der Waals surface area contributed by atoms with Gasteiger partial charge in [-0.3, -0.25) is 13.9 Å². The molecule has 10 heteroatoms. The van der Waals surface area contributed by atoms with Crippen molar-refractivity contribution >= 4 is 42.6 Å². The molecule has 0 heterocycles. The molecule has 0 aromatic heterocycles. The van der Waals surface area contributed by atoms with Gasteiger partial charge in [0, 0.05) is 23.4 Å². The average molecular weight is 345 g/mol. The quantitative estimate of drug-likeness (QED) is 0.713. The van der Waals surface area contributed by atoms with Crippen LogP contribution in [0, 0.1) is 0 Å². The largest absolute Gasteiger partial charge is 0.326 e. The topological polar surface area (TPSA) is 138 Å². The van der Waals surface area contributed by atoms with Crippen LogP contribution in [0.15, 0.2) is 40.1 Å². The molecule has 0 aliphatic heterocycles. The molecule has 2 rings (SSSR count). The fourth-order valence-electron chi connectivity index (χ4n) is 2.04. The predicted octanol–water partition coefficient (Wildman–Crippen LogP) is 1.29. The molecule has 118 valence electrons. The lowest BCUT2D eigenvalue weighted by molar-refractivity contribution is -0.114. The monoisotopic (exact) mass is 345 g/mol. The third-order valence-electron chi connectivity index (χ3n) is 2.79. The van der Waals surface area contributed by atoms with Crippen molar-refractivity contribution in [1.82, 2.24) is 0 Å². The van der Waals surface area contributed by atoms with Gasteiger partial charge < -0.3 is 5.32 Å². The van der Waals surface area contributed by atoms with Gasteiger partial charge in [-0.25, -0.2) is 0 Å². The van der Waals surface area contributed by atoms with E-state index in [0.717, 1.165) is 12.1 Å². The van der Waals surface area contributed by atoms with E-state index in [2.05, 4.69) is 5.32 Å². The normalized spacial score (nSPS) is 12.3. The molecule has 0 saturated carbocycles. The lowest BCUT2D eigenvalue weighted by Gasteiger charge is -2.11. The number of hydrogen-bond donors (Lipinski definition) is 3. The minimum absolute atomic E-state index is 0.0382. The second-order valence-corrected chi connectivity index (χ2v) is 7.24. The summed E-state index contributed by atoms with van der Waals surface area (Å²) in [7, 11) is -9.30. The van der Waals surface area contributed by atoms with Gasteiger partial charge in [0.2, 0.25) is 5.91 Å². The standard InChI is InChI=1S/C12H11NO7S2/c1-7(14)13-8-5-10-9(12(6-8)22(18,19)20)3-2-4-11(10)21(15,16)17/h2-6H,1H3,(H,13,14)(H,15,16,17)(H,18,19,20). The van der Waals surface area contributed by atoms with Crippen LogP contribution in [-0.2, 0) is 25.0 Å². The smallest absolute Gasteiger partial charge is 0.295 e. The number of carbonyl (C=O) groups is 1. The van der Waals surface area contributed by atoms with Gasteiger partial charge in [-0.2, -0.15) is 16.8 Å². The minimum atomic E-state index is -4.68. The van der Waals surface area contributed by atoms with Crippen LogP contribution >= 0.6 is 0 Å². The van der Waals surface area contributed by atoms with E-state index in [1.54, 1.807) is 0 Å². The van der Waals surface area contributed by atoms with E-state index in [-0.39, 0.29) is 16.5 Å². The molecule has 0 aliphatic rings. The first-order valence-corrected chi connectivity index (χ1v) is 8.67. The molecule has 0 aliphatic carbocycles. The molecule has 3 N–H and O–H groups in total. The minimum Gasteiger partial charge on any atom is -0.326 e. The molecule has 0 unspecified atom stereocenters. The summed E-state index contributed by atoms with van der Waals surface area (Å²) in [6, 6.07) is 5.74. The molecule has 8 nitrogen and oxygen atoms in total. The fraction of sp³-hybridized carbons (Fsp3) is 0.0833. The van der Waals surface area contributed by atoms with E-state index < -0.39 is 35.9 Å². The summed E-state index contributed by atoms with van der Waals surface area (Å²) in [5.41, 5.74) is -0.0382. The first kappa shape index (κ1) is 16.4. The van der Waals surface area contributed by atoms with E-state index in [4.69, 9.17) is 0 Å². The van der Waals surface area contributed by atoms with Crippen LogP contribution in [-0.4, -0.2) is 31.8 Å². The molecule has 0 fully saturated rings. The molecule has 0 atom stereocenters. The highest BCUT2D eigenvalue weighted by molar-refractivity contribution is 7.86. The van der Waals surface area contributed by atoms with Gasteiger partial charge in [0.25, 0.3) is 20.2 Å². The number of benzene rings is 2. The highest BCUT2D eigenvalue weighted by atomic mass is 32.2. The van der Waals surface area contributed by atoms with Crippen molar-refractivity contribution in [3.63, 3.8) is 0 Å². The Morgan fingerprint density at radius 1 is 0.955 bits per heavy atom. The van der Waals surface area contributed by atoms with Gasteiger partial charge in [0.05, 0.1) is 0 Å². The fourth-order valence-corrected chi connectivity index (χ4v) is 3.47. The lowest BCUT2D eigenvalue weighted by Crippen LogP contribution is -2.08. The van der Waals surface area contributed by atoms with Crippen molar-refractivity contribution in [2.45, 2.75) is 16.7 Å². The molecule has 0 spiro atoms. The Morgan fingerprint density at radius 2 is 1.55 bits per heavy atom. The van der Waals surface area contributed by atoms with Gasteiger partial charge in [0.1, 0.15) is 9.79 Å². The zero-order valence-corrected chi connectivity index (χ0v) is 12.8. The SMILES string of the molecule is CC(=O)Nc1cc(S(=O)(=O)O)c2cccc(S(=O)(=O)O)c2c1. The summed E-state index contributed by atoms with van der Waals surface area (Å²) in [6.45, 7) is 1.17. The third-order valence-corrected chi connectivity index (χ3v) is 4.60. The van der Waals surface area contributed by atoms with Crippen molar-refractivity contribution in [2.24, 2.45) is 0 Å². The maximum Gasteiger partial charge on any atom is 0.295 e. The Morgan fingerprint density at radius 3 is 2.05 bits per heavy atom. The maximum absolute atomic E-state index is 11.5. The molecular formula is C12H11NO7S2. The zero-order chi connectivity index (χ0) is 16.7. The lowest BCUT2D eigenvalue weighted by atomic mass is 10.1. The molecule has 0 saturated heterocycles. The Kier molecular flexibility index (Phi) is 3.96. The van der Waals surface area contributed by atoms with Gasteiger partial charge in [-0.05, 0) is 18.2 Å². The van der Waals surface area contributed by atoms with Gasteiger partial charge in [-0.1, -0.05) is 12.1 Å². The Bertz CT molecular complexity index is 978. The van der Waals surface area contributed by atoms with Crippen LogP contribution in [0.4, 0.5) is 5.69 Å². The molecule has 0 radical (unpaired) electrons. The van der Waals surface area contributed by atoms with Crippen LogP contribution in [0.3, 0.4) is 0 Å². The van der Waals surface area contributed by atoms with Gasteiger partial charge in [-0.15, -0.1) is 0 Å². The molecule has 1 amide bonds. The summed E-state index contributed by atoms with van der Waals surface area (Å²) in [5, 5.41) is 2.04. The summed E-state index contributed by atoms with van der Waals surface area (Å²) < 4.78 is 64.3. The summed E-state index contributed by atoms with van der Waals surface area (Å²) >= 11 is 0. The molecule has 0 bridgehead atoms. The Hall–Kier alpha value is -2.01. The van der Waals surface area contributed by atoms with Crippen molar-refractivity contribution in [1.29, 1.82) is 0 Å². The Labute approximate surface area is 126 Å². The van der Waals surface area contributed by atoms with Crippen molar-refractivity contribution < 1.29 is 30.7 Å². The number of fused-ring (bicyclic) bond motifs is 1. The summed E-state index contributed by atoms with van der Waals surface area (Å²) in [5.74, 6) is -0.523. The van der Waals surface area contributed by atoms with Gasteiger partial charge in [0.15, 0.2) is 0 Å². The Balaban J connectivity index is 2.98. The summed E-state index contributed by atoms with van der Waals surface area (Å²) in [4.78, 5) is 9.98. The zero-order valence-electron chi connectivity index (χ0n) is 11.1. The van der Waals surface area contributed by atoms with Crippen LogP contribution in [0.5, 0.6) is 0 Å². The number of carbonyl (C=O) groups excluding carboxylic acids is 1. The number of rotatable bonds is 3. The number of nitrogens with one attached hydrogen (secondary N) is 1. The average Bonchev–Trinajstić information content (AvgIpc) is 2.34. The highest BCUT2D eigenvalue weighted by Gasteiger charge is 2.21. The van der Waals surface area contributed by atoms with Crippen LogP contribution < -0.4 is 5.32 Å². The van der Waals surface area contributed by atoms with E-state index in [1.807, 2.05) is 0 Å². The van der Waals surface area contributed by atoms with Crippen molar-refractivity contribution in [2.75, 3.05) is 5.32 Å². The number of anilines is 1. The van der Waals surface area contributed by atoms with Crippen molar-refractivity contribution in [3.8, 4) is 0 Å². The number of hydrogen-bond acceptors (Lipinski definition) is 5. The van der Waals surface area contributed by atoms with Crippen LogP contribution in [0.25, 0.3) is 10.8 Å².